The number of aromatic nitrogens is 2. The third-order valence-electron chi connectivity index (χ3n) is 3.19. The van der Waals surface area contributed by atoms with Crippen LogP contribution in [0.2, 0.25) is 5.02 Å². The van der Waals surface area contributed by atoms with E-state index in [1.54, 1.807) is 18.0 Å². The van der Waals surface area contributed by atoms with Crippen molar-refractivity contribution in [2.75, 3.05) is 5.75 Å². The molecule has 1 amide bonds. The van der Waals surface area contributed by atoms with Crippen LogP contribution in [0.15, 0.2) is 68.4 Å². The monoisotopic (exact) mass is 434 g/mol. The van der Waals surface area contributed by atoms with Crippen LogP contribution in [0.5, 0.6) is 0 Å². The first-order valence-electron chi connectivity index (χ1n) is 7.89. The second-order valence-corrected chi connectivity index (χ2v) is 9.10. The summed E-state index contributed by atoms with van der Waals surface area (Å²) in [5, 5.41) is 12.9. The molecule has 0 saturated heterocycles. The maximum atomic E-state index is 11.8. The molecule has 0 fully saturated rings. The molecule has 0 atom stereocenters. The van der Waals surface area contributed by atoms with Gasteiger partial charge in [0.15, 0.2) is 8.68 Å². The number of thioether (sulfide) groups is 2. The van der Waals surface area contributed by atoms with Crippen LogP contribution >= 0.6 is 46.5 Å². The number of rotatable bonds is 8. The summed E-state index contributed by atoms with van der Waals surface area (Å²) in [5.74, 6) is 0.853. The van der Waals surface area contributed by atoms with Crippen molar-refractivity contribution in [3.63, 3.8) is 0 Å². The fourth-order valence-corrected chi connectivity index (χ4v) is 4.81. The Hall–Kier alpha value is -1.87. The Morgan fingerprint density at radius 1 is 1.07 bits per heavy atom. The largest absolute Gasteiger partial charge is 0.272 e. The van der Waals surface area contributed by atoms with Gasteiger partial charge in [0.1, 0.15) is 0 Å². The molecule has 0 saturated carbocycles. The van der Waals surface area contributed by atoms with E-state index in [0.29, 0.717) is 0 Å². The molecule has 2 aromatic carbocycles. The zero-order valence-corrected chi connectivity index (χ0v) is 17.2. The molecule has 3 aromatic rings. The second kappa shape index (κ2) is 10.5. The highest BCUT2D eigenvalue weighted by molar-refractivity contribution is 8.03. The number of halogens is 1. The van der Waals surface area contributed by atoms with Crippen LogP contribution in [-0.4, -0.2) is 28.1 Å². The van der Waals surface area contributed by atoms with Gasteiger partial charge in [-0.1, -0.05) is 88.9 Å². The SMILES string of the molecule is O=C(CSc1nnc(SCc2ccc(Cl)cc2)s1)N/N=C/c1ccccc1. The number of carbonyl (C=O) groups excluding carboxylic acids is 1. The van der Waals surface area contributed by atoms with Crippen LogP contribution in [0.25, 0.3) is 0 Å². The van der Waals surface area contributed by atoms with Crippen molar-refractivity contribution in [1.29, 1.82) is 0 Å². The molecule has 3 rings (SSSR count). The molecule has 1 aromatic heterocycles. The highest BCUT2D eigenvalue weighted by Crippen LogP contribution is 2.30. The molecular weight excluding hydrogens is 420 g/mol. The average Bonchev–Trinajstić information content (AvgIpc) is 3.15. The van der Waals surface area contributed by atoms with Gasteiger partial charge in [-0.25, -0.2) is 5.43 Å². The predicted octanol–water partition coefficient (Wildman–Crippen LogP) is 4.73. The maximum absolute atomic E-state index is 11.8. The van der Waals surface area contributed by atoms with E-state index in [0.717, 1.165) is 25.0 Å². The summed E-state index contributed by atoms with van der Waals surface area (Å²) in [4.78, 5) is 11.8. The summed E-state index contributed by atoms with van der Waals surface area (Å²) in [7, 11) is 0. The number of carbonyl (C=O) groups is 1. The van der Waals surface area contributed by atoms with E-state index < -0.39 is 0 Å². The van der Waals surface area contributed by atoms with Crippen LogP contribution in [-0.2, 0) is 10.5 Å². The van der Waals surface area contributed by atoms with E-state index in [4.69, 9.17) is 11.6 Å². The number of hydrazone groups is 1. The number of hydrogen-bond acceptors (Lipinski definition) is 7. The Bertz CT molecular complexity index is 900. The van der Waals surface area contributed by atoms with E-state index in [9.17, 15) is 4.79 Å². The molecule has 0 aliphatic carbocycles. The average molecular weight is 435 g/mol. The van der Waals surface area contributed by atoms with E-state index >= 15 is 0 Å². The zero-order chi connectivity index (χ0) is 18.9. The minimum atomic E-state index is -0.183. The van der Waals surface area contributed by atoms with Crippen molar-refractivity contribution in [2.45, 2.75) is 14.4 Å². The van der Waals surface area contributed by atoms with Crippen molar-refractivity contribution in [1.82, 2.24) is 15.6 Å². The van der Waals surface area contributed by atoms with Crippen LogP contribution in [0.4, 0.5) is 0 Å². The predicted molar refractivity (Wildman–Crippen MR) is 114 cm³/mol. The normalized spacial score (nSPS) is 11.0. The molecule has 0 spiro atoms. The minimum absolute atomic E-state index is 0.183. The van der Waals surface area contributed by atoms with Gasteiger partial charge in [-0.05, 0) is 23.3 Å². The van der Waals surface area contributed by atoms with Gasteiger partial charge in [0.05, 0.1) is 12.0 Å². The first-order valence-corrected chi connectivity index (χ1v) is 11.1. The van der Waals surface area contributed by atoms with E-state index in [-0.39, 0.29) is 11.7 Å². The van der Waals surface area contributed by atoms with Crippen LogP contribution in [0.3, 0.4) is 0 Å². The lowest BCUT2D eigenvalue weighted by Crippen LogP contribution is -2.19. The van der Waals surface area contributed by atoms with Crippen molar-refractivity contribution in [3.05, 3.63) is 70.7 Å². The molecule has 1 heterocycles. The van der Waals surface area contributed by atoms with Crippen molar-refractivity contribution < 1.29 is 4.79 Å². The Balaban J connectivity index is 1.40. The summed E-state index contributed by atoms with van der Waals surface area (Å²) in [6.45, 7) is 0. The summed E-state index contributed by atoms with van der Waals surface area (Å²) in [6.07, 6.45) is 1.61. The van der Waals surface area contributed by atoms with E-state index in [2.05, 4.69) is 20.7 Å². The molecule has 5 nitrogen and oxygen atoms in total. The van der Waals surface area contributed by atoms with Gasteiger partial charge in [-0.2, -0.15) is 5.10 Å². The fraction of sp³-hybridized carbons (Fsp3) is 0.111. The van der Waals surface area contributed by atoms with Crippen molar-refractivity contribution in [3.8, 4) is 0 Å². The van der Waals surface area contributed by atoms with Crippen LogP contribution in [0.1, 0.15) is 11.1 Å². The van der Waals surface area contributed by atoms with Crippen LogP contribution < -0.4 is 5.43 Å². The van der Waals surface area contributed by atoms with E-state index in [1.807, 2.05) is 54.6 Å². The molecule has 9 heteroatoms. The van der Waals surface area contributed by atoms with Gasteiger partial charge in [-0.15, -0.1) is 10.2 Å². The minimum Gasteiger partial charge on any atom is -0.272 e. The number of hydrogen-bond donors (Lipinski definition) is 1. The number of nitrogens with zero attached hydrogens (tertiary/aromatic N) is 3. The molecule has 0 aliphatic rings. The van der Waals surface area contributed by atoms with Gasteiger partial charge < -0.3 is 0 Å². The number of benzene rings is 2. The Morgan fingerprint density at radius 2 is 1.78 bits per heavy atom. The van der Waals surface area contributed by atoms with Gasteiger partial charge in [0.2, 0.25) is 0 Å². The highest BCUT2D eigenvalue weighted by atomic mass is 35.5. The second-order valence-electron chi connectivity index (χ2n) is 5.24. The smallest absolute Gasteiger partial charge is 0.250 e. The highest BCUT2D eigenvalue weighted by Gasteiger charge is 2.08. The summed E-state index contributed by atoms with van der Waals surface area (Å²) >= 11 is 10.3. The lowest BCUT2D eigenvalue weighted by Gasteiger charge is -1.98. The lowest BCUT2D eigenvalue weighted by atomic mass is 10.2. The Morgan fingerprint density at radius 3 is 2.52 bits per heavy atom. The molecule has 0 bridgehead atoms. The van der Waals surface area contributed by atoms with Gasteiger partial charge >= 0.3 is 0 Å². The summed E-state index contributed by atoms with van der Waals surface area (Å²) in [5.41, 5.74) is 4.61. The first-order chi connectivity index (χ1) is 13.2. The number of nitrogens with one attached hydrogen (secondary N) is 1. The molecule has 138 valence electrons. The lowest BCUT2D eigenvalue weighted by molar-refractivity contribution is -0.118. The fourth-order valence-electron chi connectivity index (χ4n) is 1.92. The first kappa shape index (κ1) is 19.9. The van der Waals surface area contributed by atoms with Gasteiger partial charge in [-0.3, -0.25) is 4.79 Å². The Kier molecular flexibility index (Phi) is 7.70. The third kappa shape index (κ3) is 6.99. The quantitative estimate of drug-likeness (QED) is 0.315. The third-order valence-corrected chi connectivity index (χ3v) is 6.71. The summed E-state index contributed by atoms with van der Waals surface area (Å²) in [6, 6.07) is 17.3. The number of amides is 1. The summed E-state index contributed by atoms with van der Waals surface area (Å²) < 4.78 is 1.63. The molecule has 0 unspecified atom stereocenters. The zero-order valence-electron chi connectivity index (χ0n) is 14.0. The van der Waals surface area contributed by atoms with E-state index in [1.165, 1.54) is 28.7 Å². The topological polar surface area (TPSA) is 67.2 Å². The standard InChI is InChI=1S/C18H15ClN4OS3/c19-15-8-6-14(7-9-15)11-25-17-22-23-18(27-17)26-12-16(24)21-20-10-13-4-2-1-3-5-13/h1-10H,11-12H2,(H,21,24)/b20-10+. The molecule has 0 aliphatic heterocycles. The maximum Gasteiger partial charge on any atom is 0.250 e. The molecular formula is C18H15ClN4OS3. The van der Waals surface area contributed by atoms with Crippen molar-refractivity contribution in [2.24, 2.45) is 5.10 Å². The van der Waals surface area contributed by atoms with Crippen molar-refractivity contribution >= 4 is 58.6 Å². The van der Waals surface area contributed by atoms with Crippen LogP contribution in [0, 0.1) is 0 Å². The van der Waals surface area contributed by atoms with Gasteiger partial charge in [0, 0.05) is 10.8 Å². The van der Waals surface area contributed by atoms with Gasteiger partial charge in [0.25, 0.3) is 5.91 Å². The Labute approximate surface area is 174 Å². The molecule has 27 heavy (non-hydrogen) atoms. The molecule has 1 N–H and O–H groups in total. The molecule has 0 radical (unpaired) electrons.